The Hall–Kier alpha value is -0.450. The van der Waals surface area contributed by atoms with Crippen molar-refractivity contribution in [2.75, 3.05) is 13.2 Å². The van der Waals surface area contributed by atoms with Gasteiger partial charge in [0.15, 0.2) is 0 Å². The minimum Gasteiger partial charge on any atom is -0.389 e. The molecular weight excluding hydrogens is 182 g/mol. The standard InChI is InChI=1S/C10H19NO3/c1-8-10(13)9(4-7-14-8)11-5-2-3-6-12/h6,8-11,13H,2-5,7H2,1H3. The van der Waals surface area contributed by atoms with Crippen LogP contribution in [0, 0.1) is 0 Å². The highest BCUT2D eigenvalue weighted by atomic mass is 16.5. The third kappa shape index (κ3) is 3.36. The first-order chi connectivity index (χ1) is 6.75. The Balaban J connectivity index is 2.18. The van der Waals surface area contributed by atoms with Gasteiger partial charge in [-0.2, -0.15) is 0 Å². The third-order valence-corrected chi connectivity index (χ3v) is 2.61. The summed E-state index contributed by atoms with van der Waals surface area (Å²) in [5, 5.41) is 13.0. The Kier molecular flexibility index (Phi) is 5.07. The van der Waals surface area contributed by atoms with Gasteiger partial charge in [-0.3, -0.25) is 0 Å². The van der Waals surface area contributed by atoms with Gasteiger partial charge in [-0.05, 0) is 26.3 Å². The fourth-order valence-electron chi connectivity index (χ4n) is 1.67. The van der Waals surface area contributed by atoms with Gasteiger partial charge in [-0.1, -0.05) is 0 Å². The van der Waals surface area contributed by atoms with E-state index in [2.05, 4.69) is 5.32 Å². The molecule has 1 aliphatic rings. The van der Waals surface area contributed by atoms with Crippen molar-refractivity contribution in [2.45, 2.75) is 44.4 Å². The molecule has 0 spiro atoms. The van der Waals surface area contributed by atoms with Crippen molar-refractivity contribution < 1.29 is 14.6 Å². The van der Waals surface area contributed by atoms with E-state index >= 15 is 0 Å². The molecule has 1 heterocycles. The summed E-state index contributed by atoms with van der Waals surface area (Å²) < 4.78 is 5.30. The molecule has 0 radical (unpaired) electrons. The molecule has 0 aromatic rings. The highest BCUT2D eigenvalue weighted by Gasteiger charge is 2.28. The van der Waals surface area contributed by atoms with Crippen LogP contribution >= 0.6 is 0 Å². The Bertz CT molecular complexity index is 175. The number of hydrogen-bond acceptors (Lipinski definition) is 4. The predicted octanol–water partition coefficient (Wildman–Crippen LogP) is 0.0934. The summed E-state index contributed by atoms with van der Waals surface area (Å²) in [6, 6.07) is 0.116. The van der Waals surface area contributed by atoms with Crippen LogP contribution in [0.2, 0.25) is 0 Å². The van der Waals surface area contributed by atoms with Gasteiger partial charge in [0.25, 0.3) is 0 Å². The van der Waals surface area contributed by atoms with E-state index in [1.807, 2.05) is 6.92 Å². The van der Waals surface area contributed by atoms with Gasteiger partial charge in [-0.15, -0.1) is 0 Å². The zero-order valence-corrected chi connectivity index (χ0v) is 8.61. The van der Waals surface area contributed by atoms with Crippen molar-refractivity contribution in [3.63, 3.8) is 0 Å². The normalized spacial score (nSPS) is 32.9. The van der Waals surface area contributed by atoms with Crippen molar-refractivity contribution in [2.24, 2.45) is 0 Å². The van der Waals surface area contributed by atoms with E-state index in [-0.39, 0.29) is 12.1 Å². The van der Waals surface area contributed by atoms with Crippen LogP contribution in [-0.2, 0) is 9.53 Å². The molecule has 1 aliphatic heterocycles. The first kappa shape index (κ1) is 11.6. The number of carbonyl (C=O) groups is 1. The Morgan fingerprint density at radius 1 is 1.64 bits per heavy atom. The average molecular weight is 201 g/mol. The molecule has 0 bridgehead atoms. The van der Waals surface area contributed by atoms with E-state index in [0.29, 0.717) is 13.0 Å². The van der Waals surface area contributed by atoms with E-state index in [4.69, 9.17) is 4.74 Å². The van der Waals surface area contributed by atoms with Crippen molar-refractivity contribution in [1.29, 1.82) is 0 Å². The van der Waals surface area contributed by atoms with Gasteiger partial charge < -0.3 is 20.0 Å². The molecule has 0 aromatic carbocycles. The van der Waals surface area contributed by atoms with Gasteiger partial charge >= 0.3 is 0 Å². The molecular formula is C10H19NO3. The molecule has 1 saturated heterocycles. The van der Waals surface area contributed by atoms with Crippen molar-refractivity contribution in [1.82, 2.24) is 5.32 Å². The fourth-order valence-corrected chi connectivity index (χ4v) is 1.67. The number of aliphatic hydroxyl groups is 1. The molecule has 1 rings (SSSR count). The summed E-state index contributed by atoms with van der Waals surface area (Å²) >= 11 is 0. The third-order valence-electron chi connectivity index (χ3n) is 2.61. The smallest absolute Gasteiger partial charge is 0.120 e. The summed E-state index contributed by atoms with van der Waals surface area (Å²) in [4.78, 5) is 10.1. The number of aldehydes is 1. The van der Waals surface area contributed by atoms with Gasteiger partial charge in [0.2, 0.25) is 0 Å². The monoisotopic (exact) mass is 201 g/mol. The van der Waals surface area contributed by atoms with Crippen LogP contribution in [0.5, 0.6) is 0 Å². The summed E-state index contributed by atoms with van der Waals surface area (Å²) in [6.07, 6.45) is 2.66. The Morgan fingerprint density at radius 3 is 3.14 bits per heavy atom. The maximum absolute atomic E-state index is 10.1. The molecule has 4 heteroatoms. The van der Waals surface area contributed by atoms with E-state index in [0.717, 1.165) is 25.7 Å². The second kappa shape index (κ2) is 6.11. The lowest BCUT2D eigenvalue weighted by Gasteiger charge is -2.33. The number of unbranched alkanes of at least 4 members (excludes halogenated alkanes) is 1. The lowest BCUT2D eigenvalue weighted by Crippen LogP contribution is -2.50. The maximum Gasteiger partial charge on any atom is 0.120 e. The number of aliphatic hydroxyl groups excluding tert-OH is 1. The average Bonchev–Trinajstić information content (AvgIpc) is 2.19. The van der Waals surface area contributed by atoms with Gasteiger partial charge in [0.1, 0.15) is 6.29 Å². The van der Waals surface area contributed by atoms with Crippen LogP contribution in [0.4, 0.5) is 0 Å². The summed E-state index contributed by atoms with van der Waals surface area (Å²) in [7, 11) is 0. The topological polar surface area (TPSA) is 58.6 Å². The molecule has 4 nitrogen and oxygen atoms in total. The molecule has 0 aromatic heterocycles. The van der Waals surface area contributed by atoms with Crippen LogP contribution in [0.1, 0.15) is 26.2 Å². The highest BCUT2D eigenvalue weighted by molar-refractivity contribution is 5.48. The Labute approximate surface area is 84.6 Å². The number of rotatable bonds is 5. The van der Waals surface area contributed by atoms with Crippen LogP contribution in [0.15, 0.2) is 0 Å². The van der Waals surface area contributed by atoms with E-state index < -0.39 is 6.10 Å². The summed E-state index contributed by atoms with van der Waals surface area (Å²) in [5.74, 6) is 0. The molecule has 82 valence electrons. The highest BCUT2D eigenvalue weighted by Crippen LogP contribution is 2.14. The maximum atomic E-state index is 10.1. The molecule has 14 heavy (non-hydrogen) atoms. The molecule has 0 aliphatic carbocycles. The Morgan fingerprint density at radius 2 is 2.43 bits per heavy atom. The number of hydrogen-bond donors (Lipinski definition) is 2. The number of ether oxygens (including phenoxy) is 1. The van der Waals surface area contributed by atoms with Gasteiger partial charge in [-0.25, -0.2) is 0 Å². The van der Waals surface area contributed by atoms with Crippen LogP contribution in [0.25, 0.3) is 0 Å². The van der Waals surface area contributed by atoms with Crippen molar-refractivity contribution in [3.8, 4) is 0 Å². The molecule has 3 unspecified atom stereocenters. The van der Waals surface area contributed by atoms with Crippen molar-refractivity contribution in [3.05, 3.63) is 0 Å². The molecule has 1 fully saturated rings. The second-order valence-corrected chi connectivity index (χ2v) is 3.72. The fraction of sp³-hybridized carbons (Fsp3) is 0.900. The summed E-state index contributed by atoms with van der Waals surface area (Å²) in [5.41, 5.74) is 0. The predicted molar refractivity (Wildman–Crippen MR) is 53.1 cm³/mol. The van der Waals surface area contributed by atoms with Crippen LogP contribution in [-0.4, -0.2) is 42.8 Å². The largest absolute Gasteiger partial charge is 0.389 e. The lowest BCUT2D eigenvalue weighted by molar-refractivity contribution is -0.108. The van der Waals surface area contributed by atoms with E-state index in [1.54, 1.807) is 0 Å². The first-order valence-corrected chi connectivity index (χ1v) is 5.22. The zero-order chi connectivity index (χ0) is 10.4. The van der Waals surface area contributed by atoms with Gasteiger partial charge in [0.05, 0.1) is 12.2 Å². The minimum atomic E-state index is -0.431. The number of carbonyl (C=O) groups excluding carboxylic acids is 1. The lowest BCUT2D eigenvalue weighted by atomic mass is 10.0. The second-order valence-electron chi connectivity index (χ2n) is 3.72. The minimum absolute atomic E-state index is 0.0904. The quantitative estimate of drug-likeness (QED) is 0.489. The zero-order valence-electron chi connectivity index (χ0n) is 8.61. The molecule has 0 amide bonds. The van der Waals surface area contributed by atoms with Gasteiger partial charge in [0, 0.05) is 19.1 Å². The summed E-state index contributed by atoms with van der Waals surface area (Å²) in [6.45, 7) is 3.36. The number of nitrogens with one attached hydrogen (secondary N) is 1. The SMILES string of the molecule is CC1OCCC(NCCCC=O)C1O. The van der Waals surface area contributed by atoms with E-state index in [1.165, 1.54) is 0 Å². The first-order valence-electron chi connectivity index (χ1n) is 5.22. The molecule has 3 atom stereocenters. The van der Waals surface area contributed by atoms with Crippen LogP contribution in [0.3, 0.4) is 0 Å². The molecule has 0 saturated carbocycles. The van der Waals surface area contributed by atoms with Crippen LogP contribution < -0.4 is 5.32 Å². The molecule has 2 N–H and O–H groups in total. The van der Waals surface area contributed by atoms with Crippen molar-refractivity contribution >= 4 is 6.29 Å². The van der Waals surface area contributed by atoms with E-state index in [9.17, 15) is 9.90 Å².